The molecule has 2 heterocycles. The molecule has 116 valence electrons. The van der Waals surface area contributed by atoms with E-state index >= 15 is 0 Å². The van der Waals surface area contributed by atoms with Crippen LogP contribution in [0.1, 0.15) is 11.4 Å². The van der Waals surface area contributed by atoms with Crippen molar-refractivity contribution in [3.8, 4) is 0 Å². The molecular formula is C13H14N4O2S3. The molecule has 3 rings (SSSR count). The Bertz CT molecular complexity index is 713. The number of nitrogens with zero attached hydrogens (tertiary/aromatic N) is 4. The Morgan fingerprint density at radius 1 is 1.41 bits per heavy atom. The highest BCUT2D eigenvalue weighted by atomic mass is 32.2. The Kier molecular flexibility index (Phi) is 4.37. The lowest BCUT2D eigenvalue weighted by atomic mass is 10.1. The molecule has 1 aromatic heterocycles. The zero-order valence-corrected chi connectivity index (χ0v) is 14.3. The van der Waals surface area contributed by atoms with Crippen molar-refractivity contribution in [1.29, 1.82) is 0 Å². The summed E-state index contributed by atoms with van der Waals surface area (Å²) >= 11 is 7.88. The number of nitro benzene ring substituents is 1. The predicted octanol–water partition coefficient (Wildman–Crippen LogP) is 2.89. The summed E-state index contributed by atoms with van der Waals surface area (Å²) in [5, 5.41) is 19.8. The fraction of sp³-hybridized carbons (Fsp3) is 0.385. The van der Waals surface area contributed by atoms with E-state index in [-0.39, 0.29) is 14.7 Å². The topological polar surface area (TPSA) is 73.8 Å². The van der Waals surface area contributed by atoms with Crippen molar-refractivity contribution >= 4 is 41.8 Å². The highest BCUT2D eigenvalue weighted by Crippen LogP contribution is 2.54. The van der Waals surface area contributed by atoms with E-state index in [1.807, 2.05) is 41.2 Å². The molecule has 1 aliphatic rings. The summed E-state index contributed by atoms with van der Waals surface area (Å²) in [6.45, 7) is 0. The number of rotatable bonds is 4. The lowest BCUT2D eigenvalue weighted by molar-refractivity contribution is -0.384. The first-order valence-corrected chi connectivity index (χ1v) is 9.04. The van der Waals surface area contributed by atoms with Crippen LogP contribution in [0.2, 0.25) is 0 Å². The normalized spacial score (nSPS) is 16.8. The zero-order valence-electron chi connectivity index (χ0n) is 11.8. The molecule has 0 bridgehead atoms. The van der Waals surface area contributed by atoms with Gasteiger partial charge < -0.3 is 4.57 Å². The number of thiol groups is 1. The summed E-state index contributed by atoms with van der Waals surface area (Å²) in [6.07, 6.45) is 0.660. The van der Waals surface area contributed by atoms with Crippen molar-refractivity contribution in [3.05, 3.63) is 45.8 Å². The molecule has 1 aromatic carbocycles. The molecule has 2 aromatic rings. The minimum absolute atomic E-state index is 0.123. The fourth-order valence-electron chi connectivity index (χ4n) is 2.40. The number of nitro groups is 1. The van der Waals surface area contributed by atoms with Crippen LogP contribution in [0.15, 0.2) is 29.4 Å². The lowest BCUT2D eigenvalue weighted by Crippen LogP contribution is -2.20. The van der Waals surface area contributed by atoms with Crippen molar-refractivity contribution in [3.63, 3.8) is 0 Å². The van der Waals surface area contributed by atoms with Crippen LogP contribution in [0.3, 0.4) is 0 Å². The molecule has 0 spiro atoms. The van der Waals surface area contributed by atoms with Crippen LogP contribution < -0.4 is 0 Å². The Hall–Kier alpha value is -1.19. The van der Waals surface area contributed by atoms with Gasteiger partial charge in [-0.05, 0) is 5.56 Å². The molecule has 0 aliphatic carbocycles. The second kappa shape index (κ2) is 6.13. The Balaban J connectivity index is 2.00. The number of non-ortho nitro benzene ring substituents is 1. The molecular weight excluding hydrogens is 340 g/mol. The van der Waals surface area contributed by atoms with Gasteiger partial charge in [0, 0.05) is 37.1 Å². The molecule has 1 saturated heterocycles. The van der Waals surface area contributed by atoms with Crippen molar-refractivity contribution in [2.24, 2.45) is 7.05 Å². The molecule has 9 heteroatoms. The van der Waals surface area contributed by atoms with Crippen molar-refractivity contribution in [2.45, 2.75) is 15.7 Å². The van der Waals surface area contributed by atoms with Crippen LogP contribution >= 0.6 is 36.2 Å². The van der Waals surface area contributed by atoms with E-state index in [1.54, 1.807) is 12.1 Å². The lowest BCUT2D eigenvalue weighted by Gasteiger charge is -2.27. The third kappa shape index (κ3) is 2.84. The Labute approximate surface area is 141 Å². The molecule has 1 aliphatic heterocycles. The molecule has 0 saturated carbocycles. The summed E-state index contributed by atoms with van der Waals surface area (Å²) in [4.78, 5) is 10.7. The monoisotopic (exact) mass is 354 g/mol. The first-order chi connectivity index (χ1) is 10.5. The SMILES string of the molecule is Cn1c(S)nnc1CC1(c2cccc([N+](=O)[O-])c2)SCCS1. The van der Waals surface area contributed by atoms with E-state index in [0.717, 1.165) is 22.9 Å². The quantitative estimate of drug-likeness (QED) is 0.517. The van der Waals surface area contributed by atoms with Crippen molar-refractivity contribution in [1.82, 2.24) is 14.8 Å². The van der Waals surface area contributed by atoms with Gasteiger partial charge in [-0.3, -0.25) is 10.1 Å². The average Bonchev–Trinajstić information content (AvgIpc) is 3.11. The number of aromatic nitrogens is 3. The van der Waals surface area contributed by atoms with Crippen LogP contribution in [0.5, 0.6) is 0 Å². The molecule has 0 N–H and O–H groups in total. The van der Waals surface area contributed by atoms with E-state index in [9.17, 15) is 10.1 Å². The zero-order chi connectivity index (χ0) is 15.7. The first kappa shape index (κ1) is 15.7. The molecule has 1 fully saturated rings. The van der Waals surface area contributed by atoms with Gasteiger partial charge in [-0.2, -0.15) is 0 Å². The van der Waals surface area contributed by atoms with Crippen LogP contribution in [0.25, 0.3) is 0 Å². The number of hydrogen-bond acceptors (Lipinski definition) is 7. The second-order valence-corrected chi connectivity index (χ2v) is 8.36. The van der Waals surface area contributed by atoms with Gasteiger partial charge in [-0.15, -0.1) is 46.3 Å². The fourth-order valence-corrected chi connectivity index (χ4v) is 5.77. The summed E-state index contributed by atoms with van der Waals surface area (Å²) in [7, 11) is 1.88. The molecule has 6 nitrogen and oxygen atoms in total. The third-order valence-corrected chi connectivity index (χ3v) is 7.45. The molecule has 0 radical (unpaired) electrons. The third-order valence-electron chi connectivity index (χ3n) is 3.58. The van der Waals surface area contributed by atoms with E-state index in [2.05, 4.69) is 22.8 Å². The average molecular weight is 354 g/mol. The van der Waals surface area contributed by atoms with Gasteiger partial charge in [0.05, 0.1) is 9.00 Å². The van der Waals surface area contributed by atoms with E-state index in [4.69, 9.17) is 0 Å². The van der Waals surface area contributed by atoms with Crippen molar-refractivity contribution in [2.75, 3.05) is 11.5 Å². The number of hydrogen-bond donors (Lipinski definition) is 1. The van der Waals surface area contributed by atoms with Gasteiger partial charge in [0.1, 0.15) is 5.82 Å². The molecule has 0 amide bonds. The van der Waals surface area contributed by atoms with Gasteiger partial charge in [-0.1, -0.05) is 12.1 Å². The standard InChI is InChI=1S/C13H14N4O2S3/c1-16-11(14-15-12(16)20)8-13(21-5-6-22-13)9-3-2-4-10(7-9)17(18)19/h2-4,7H,5-6,8H2,1H3,(H,15,20). The van der Waals surface area contributed by atoms with Gasteiger partial charge in [0.15, 0.2) is 5.16 Å². The largest absolute Gasteiger partial charge is 0.309 e. The van der Waals surface area contributed by atoms with E-state index in [1.165, 1.54) is 6.07 Å². The smallest absolute Gasteiger partial charge is 0.269 e. The molecule has 0 unspecified atom stereocenters. The molecule has 22 heavy (non-hydrogen) atoms. The Morgan fingerprint density at radius 3 is 2.73 bits per heavy atom. The first-order valence-electron chi connectivity index (χ1n) is 6.62. The maximum absolute atomic E-state index is 11.0. The summed E-state index contributed by atoms with van der Waals surface area (Å²) in [5.74, 6) is 2.86. The number of benzene rings is 1. The summed E-state index contributed by atoms with van der Waals surface area (Å²) in [6, 6.07) is 6.89. The maximum Gasteiger partial charge on any atom is 0.269 e. The predicted molar refractivity (Wildman–Crippen MR) is 91.6 cm³/mol. The second-order valence-electron chi connectivity index (χ2n) is 4.91. The van der Waals surface area contributed by atoms with Gasteiger partial charge in [-0.25, -0.2) is 0 Å². The highest BCUT2D eigenvalue weighted by Gasteiger charge is 2.39. The van der Waals surface area contributed by atoms with Crippen molar-refractivity contribution < 1.29 is 4.92 Å². The van der Waals surface area contributed by atoms with Gasteiger partial charge in [0.25, 0.3) is 5.69 Å². The summed E-state index contributed by atoms with van der Waals surface area (Å²) < 4.78 is 1.59. The Morgan fingerprint density at radius 2 is 2.14 bits per heavy atom. The number of thioether (sulfide) groups is 2. The minimum Gasteiger partial charge on any atom is -0.309 e. The van der Waals surface area contributed by atoms with Crippen LogP contribution in [0.4, 0.5) is 5.69 Å². The highest BCUT2D eigenvalue weighted by molar-refractivity contribution is 8.20. The van der Waals surface area contributed by atoms with Gasteiger partial charge >= 0.3 is 0 Å². The van der Waals surface area contributed by atoms with Gasteiger partial charge in [0.2, 0.25) is 0 Å². The minimum atomic E-state index is -0.352. The maximum atomic E-state index is 11.0. The van der Waals surface area contributed by atoms with Crippen LogP contribution in [-0.4, -0.2) is 31.2 Å². The van der Waals surface area contributed by atoms with E-state index < -0.39 is 0 Å². The van der Waals surface area contributed by atoms with Crippen LogP contribution in [0, 0.1) is 10.1 Å². The van der Waals surface area contributed by atoms with E-state index in [0.29, 0.717) is 11.6 Å². The summed E-state index contributed by atoms with van der Waals surface area (Å²) in [5.41, 5.74) is 1.08. The van der Waals surface area contributed by atoms with Crippen LogP contribution in [-0.2, 0) is 17.5 Å². The molecule has 0 atom stereocenters.